The van der Waals surface area contributed by atoms with Gasteiger partial charge in [0.25, 0.3) is 0 Å². The standard InChI is InChI=1S/C45H29N5.Pt/c1-30-47-48-44-39-29-34(25-26-35(39)38-20-7-10-23-42(38)49(30)44)50(32-15-3-2-4-16-32)33-17-13-14-31(28-33)45(43-24-11-12-27-46-43)40-21-8-5-18-36(40)37-19-6-9-22-41(37)45;/h2-27H,1H3;/q-2;+2. The zero-order valence-electron chi connectivity index (χ0n) is 27.6. The van der Waals surface area contributed by atoms with Crippen molar-refractivity contribution in [2.45, 2.75) is 12.3 Å². The first-order chi connectivity index (χ1) is 24.7. The molecule has 0 saturated heterocycles. The van der Waals surface area contributed by atoms with Crippen LogP contribution >= 0.6 is 0 Å². The number of aromatic nitrogens is 4. The van der Waals surface area contributed by atoms with Gasteiger partial charge in [-0.05, 0) is 70.6 Å². The molecule has 3 aromatic heterocycles. The number of aryl methyl sites for hydroxylation is 1. The Morgan fingerprint density at radius 1 is 0.588 bits per heavy atom. The van der Waals surface area contributed by atoms with Crippen molar-refractivity contribution < 1.29 is 21.1 Å². The molecule has 1 aliphatic rings. The first kappa shape index (κ1) is 31.1. The summed E-state index contributed by atoms with van der Waals surface area (Å²) in [6.07, 6.45) is 1.89. The number of hydrogen-bond acceptors (Lipinski definition) is 4. The average Bonchev–Trinajstić information content (AvgIpc) is 3.72. The van der Waals surface area contributed by atoms with Crippen molar-refractivity contribution in [3.8, 4) is 11.1 Å². The van der Waals surface area contributed by atoms with E-state index in [0.29, 0.717) is 0 Å². The van der Waals surface area contributed by atoms with E-state index in [4.69, 9.17) is 4.98 Å². The van der Waals surface area contributed by atoms with Crippen molar-refractivity contribution in [1.82, 2.24) is 19.6 Å². The van der Waals surface area contributed by atoms with E-state index >= 15 is 0 Å². The smallest absolute Gasteiger partial charge is 0.352 e. The Balaban J connectivity index is 0.00000348. The van der Waals surface area contributed by atoms with Gasteiger partial charge in [0.05, 0.1) is 16.8 Å². The van der Waals surface area contributed by atoms with Crippen LogP contribution in [0.5, 0.6) is 0 Å². The second kappa shape index (κ2) is 12.2. The summed E-state index contributed by atoms with van der Waals surface area (Å²) in [5.41, 5.74) is 10.8. The Bertz CT molecular complexity index is 2690. The van der Waals surface area contributed by atoms with Crippen LogP contribution in [0.25, 0.3) is 38.4 Å². The maximum absolute atomic E-state index is 5.03. The topological polar surface area (TPSA) is 46.3 Å². The molecule has 0 unspecified atom stereocenters. The Labute approximate surface area is 310 Å². The summed E-state index contributed by atoms with van der Waals surface area (Å²) < 4.78 is 2.13. The SMILES string of the molecule is Cc1nnc2c3[c-]c(N(c4[c-]c(C5(c6ccccn6)c6ccccc6-c6ccccc65)ccc4)c4ccccc4)ccc3c3ccccc3n12.[Pt+2]. The molecule has 6 heteroatoms. The predicted molar refractivity (Wildman–Crippen MR) is 200 cm³/mol. The molecule has 0 atom stereocenters. The fourth-order valence-corrected chi connectivity index (χ4v) is 8.04. The molecule has 6 aromatic carbocycles. The van der Waals surface area contributed by atoms with E-state index in [9.17, 15) is 0 Å². The minimum absolute atomic E-state index is 0. The molecule has 0 aliphatic heterocycles. The second-order valence-electron chi connectivity index (χ2n) is 12.7. The molecule has 0 saturated carbocycles. The fourth-order valence-electron chi connectivity index (χ4n) is 8.04. The van der Waals surface area contributed by atoms with Crippen molar-refractivity contribution in [1.29, 1.82) is 0 Å². The number of nitrogens with zero attached hydrogens (tertiary/aromatic N) is 5. The minimum atomic E-state index is -0.663. The molecular formula is C45H29N5Pt. The van der Waals surface area contributed by atoms with Crippen LogP contribution < -0.4 is 4.90 Å². The fraction of sp³-hybridized carbons (Fsp3) is 0.0444. The van der Waals surface area contributed by atoms with E-state index in [-0.39, 0.29) is 21.1 Å². The van der Waals surface area contributed by atoms with Crippen molar-refractivity contribution in [2.24, 2.45) is 0 Å². The summed E-state index contributed by atoms with van der Waals surface area (Å²) >= 11 is 0. The summed E-state index contributed by atoms with van der Waals surface area (Å²) in [5.74, 6) is 0.842. The van der Waals surface area contributed by atoms with Gasteiger partial charge in [-0.15, -0.1) is 34.9 Å². The predicted octanol–water partition coefficient (Wildman–Crippen LogP) is 10.2. The zero-order valence-corrected chi connectivity index (χ0v) is 29.8. The van der Waals surface area contributed by atoms with Gasteiger partial charge >= 0.3 is 21.1 Å². The van der Waals surface area contributed by atoms with Gasteiger partial charge < -0.3 is 9.30 Å². The van der Waals surface area contributed by atoms with E-state index < -0.39 is 5.41 Å². The van der Waals surface area contributed by atoms with Crippen molar-refractivity contribution in [3.63, 3.8) is 0 Å². The van der Waals surface area contributed by atoms with Crippen molar-refractivity contribution in [2.75, 3.05) is 4.90 Å². The molecule has 51 heavy (non-hydrogen) atoms. The molecular weight excluding hydrogens is 806 g/mol. The van der Waals surface area contributed by atoms with Crippen LogP contribution in [0.4, 0.5) is 17.1 Å². The van der Waals surface area contributed by atoms with Gasteiger partial charge in [0.2, 0.25) is 0 Å². The number of benzene rings is 6. The molecule has 0 fully saturated rings. The molecule has 10 rings (SSSR count). The van der Waals surface area contributed by atoms with Crippen LogP contribution in [0, 0.1) is 19.1 Å². The first-order valence-corrected chi connectivity index (χ1v) is 16.8. The summed E-state index contributed by atoms with van der Waals surface area (Å²) in [7, 11) is 0. The third kappa shape index (κ3) is 4.55. The first-order valence-electron chi connectivity index (χ1n) is 16.8. The largest absolute Gasteiger partial charge is 2.00 e. The maximum atomic E-state index is 5.03. The molecule has 5 nitrogen and oxygen atoms in total. The van der Waals surface area contributed by atoms with E-state index in [0.717, 1.165) is 61.5 Å². The summed E-state index contributed by atoms with van der Waals surface area (Å²) in [4.78, 5) is 7.27. The van der Waals surface area contributed by atoms with Crippen molar-refractivity contribution in [3.05, 3.63) is 198 Å². The van der Waals surface area contributed by atoms with E-state index in [1.165, 1.54) is 22.3 Å². The van der Waals surface area contributed by atoms with Gasteiger partial charge in [-0.3, -0.25) is 4.98 Å². The molecule has 0 bridgehead atoms. The van der Waals surface area contributed by atoms with Crippen LogP contribution in [0.1, 0.15) is 28.2 Å². The number of hydrogen-bond donors (Lipinski definition) is 0. The third-order valence-electron chi connectivity index (χ3n) is 10.1. The molecule has 0 spiro atoms. The molecule has 0 N–H and O–H groups in total. The summed E-state index contributed by atoms with van der Waals surface area (Å²) in [6, 6.07) is 61.0. The van der Waals surface area contributed by atoms with Crippen LogP contribution in [-0.2, 0) is 26.5 Å². The van der Waals surface area contributed by atoms with Crippen molar-refractivity contribution >= 4 is 44.4 Å². The third-order valence-corrected chi connectivity index (χ3v) is 10.1. The average molecular weight is 835 g/mol. The number of anilines is 3. The van der Waals surface area contributed by atoms with E-state index in [2.05, 4.69) is 171 Å². The monoisotopic (exact) mass is 834 g/mol. The zero-order chi connectivity index (χ0) is 33.2. The van der Waals surface area contributed by atoms with Crippen LogP contribution in [0.2, 0.25) is 0 Å². The van der Waals surface area contributed by atoms with Crippen LogP contribution in [-0.4, -0.2) is 19.6 Å². The van der Waals surface area contributed by atoms with Gasteiger partial charge in [-0.1, -0.05) is 107 Å². The quantitative estimate of drug-likeness (QED) is 0.128. The van der Waals surface area contributed by atoms with Gasteiger partial charge in [0.15, 0.2) is 0 Å². The van der Waals surface area contributed by atoms with E-state index in [1.807, 2.05) is 25.3 Å². The van der Waals surface area contributed by atoms with Gasteiger partial charge in [-0.2, -0.15) is 23.3 Å². The number of pyridine rings is 2. The van der Waals surface area contributed by atoms with Gasteiger partial charge in [-0.25, -0.2) is 0 Å². The van der Waals surface area contributed by atoms with E-state index in [1.54, 1.807) is 0 Å². The molecule has 0 radical (unpaired) electrons. The van der Waals surface area contributed by atoms with Crippen LogP contribution in [0.15, 0.2) is 158 Å². The molecule has 244 valence electrons. The number of rotatable bonds is 5. The Morgan fingerprint density at radius 3 is 2.04 bits per heavy atom. The number of para-hydroxylation sites is 2. The maximum Gasteiger partial charge on any atom is 2.00 e. The van der Waals surface area contributed by atoms with Gasteiger partial charge in [0.1, 0.15) is 5.82 Å². The second-order valence-corrected chi connectivity index (χ2v) is 12.7. The summed E-state index contributed by atoms with van der Waals surface area (Å²) in [6.45, 7) is 2.00. The van der Waals surface area contributed by atoms with Gasteiger partial charge in [0, 0.05) is 17.4 Å². The summed E-state index contributed by atoms with van der Waals surface area (Å²) in [5, 5.41) is 12.3. The molecule has 0 amide bonds. The number of fused-ring (bicyclic) bond motifs is 9. The normalized spacial score (nSPS) is 12.8. The molecule has 9 aromatic rings. The molecule has 1 aliphatic carbocycles. The molecule has 3 heterocycles. The Kier molecular flexibility index (Phi) is 7.41. The van der Waals surface area contributed by atoms with Crippen LogP contribution in [0.3, 0.4) is 0 Å². The Hall–Kier alpha value is -5.90. The Morgan fingerprint density at radius 2 is 1.27 bits per heavy atom. The minimum Gasteiger partial charge on any atom is -0.352 e.